The number of morpholine rings is 1. The lowest BCUT2D eigenvalue weighted by Crippen LogP contribution is -2.46. The van der Waals surface area contributed by atoms with Crippen LogP contribution in [0.4, 0.5) is 0 Å². The van der Waals surface area contributed by atoms with Crippen molar-refractivity contribution in [2.24, 2.45) is 0 Å². The molecule has 0 aliphatic carbocycles. The molecule has 2 N–H and O–H groups in total. The molecule has 10 heteroatoms. The van der Waals surface area contributed by atoms with Gasteiger partial charge in [0, 0.05) is 19.3 Å². The molecule has 1 aromatic rings. The van der Waals surface area contributed by atoms with E-state index in [1.807, 2.05) is 0 Å². The van der Waals surface area contributed by atoms with E-state index in [9.17, 15) is 13.2 Å². The third kappa shape index (κ3) is 3.15. The largest absolute Gasteiger partial charge is 0.480 e. The van der Waals surface area contributed by atoms with Gasteiger partial charge in [-0.15, -0.1) is 0 Å². The first-order chi connectivity index (χ1) is 9.43. The Morgan fingerprint density at radius 3 is 2.95 bits per heavy atom. The number of sulfonamides is 1. The van der Waals surface area contributed by atoms with E-state index in [0.29, 0.717) is 0 Å². The molecule has 9 nitrogen and oxygen atoms in total. The predicted molar refractivity (Wildman–Crippen MR) is 65.4 cm³/mol. The SMILES string of the molecule is O=C(O)Cn1cc(S(=O)(=O)N2CCOC(CO)C2)cn1. The van der Waals surface area contributed by atoms with Crippen LogP contribution < -0.4 is 0 Å². The van der Waals surface area contributed by atoms with Crippen LogP contribution in [0, 0.1) is 0 Å². The van der Waals surface area contributed by atoms with Crippen LogP contribution in [0.2, 0.25) is 0 Å². The Bertz CT molecular complexity index is 584. The van der Waals surface area contributed by atoms with Crippen LogP contribution in [0.3, 0.4) is 0 Å². The van der Waals surface area contributed by atoms with Gasteiger partial charge >= 0.3 is 5.97 Å². The van der Waals surface area contributed by atoms with E-state index in [0.717, 1.165) is 10.9 Å². The summed E-state index contributed by atoms with van der Waals surface area (Å²) in [4.78, 5) is 10.5. The summed E-state index contributed by atoms with van der Waals surface area (Å²) in [5.74, 6) is -1.11. The van der Waals surface area contributed by atoms with Crippen LogP contribution in [0.25, 0.3) is 0 Å². The zero-order valence-electron chi connectivity index (χ0n) is 10.5. The number of carboxylic acids is 1. The van der Waals surface area contributed by atoms with Crippen LogP contribution in [0.5, 0.6) is 0 Å². The van der Waals surface area contributed by atoms with Gasteiger partial charge in [-0.3, -0.25) is 9.48 Å². The van der Waals surface area contributed by atoms with E-state index < -0.39 is 28.6 Å². The van der Waals surface area contributed by atoms with Crippen molar-refractivity contribution in [3.63, 3.8) is 0 Å². The lowest BCUT2D eigenvalue weighted by molar-refractivity contribution is -0.137. The normalized spacial score (nSPS) is 20.9. The minimum Gasteiger partial charge on any atom is -0.480 e. The number of aliphatic carboxylic acids is 1. The summed E-state index contributed by atoms with van der Waals surface area (Å²) in [6, 6.07) is 0. The van der Waals surface area contributed by atoms with E-state index in [4.69, 9.17) is 14.9 Å². The third-order valence-corrected chi connectivity index (χ3v) is 4.67. The molecule has 1 saturated heterocycles. The van der Waals surface area contributed by atoms with Crippen LogP contribution in [0.1, 0.15) is 0 Å². The highest BCUT2D eigenvalue weighted by molar-refractivity contribution is 7.89. The van der Waals surface area contributed by atoms with Crippen molar-refractivity contribution in [3.8, 4) is 0 Å². The van der Waals surface area contributed by atoms with Crippen molar-refractivity contribution >= 4 is 16.0 Å². The second-order valence-electron chi connectivity index (χ2n) is 4.31. The molecule has 2 heterocycles. The molecule has 0 amide bonds. The molecular formula is C10H15N3O6S. The van der Waals surface area contributed by atoms with Gasteiger partial charge in [-0.05, 0) is 0 Å². The number of aliphatic hydroxyl groups excluding tert-OH is 1. The summed E-state index contributed by atoms with van der Waals surface area (Å²) in [5, 5.41) is 21.4. The van der Waals surface area contributed by atoms with E-state index in [1.54, 1.807) is 0 Å². The Kier molecular flexibility index (Phi) is 4.38. The average molecular weight is 305 g/mol. The number of nitrogens with zero attached hydrogens (tertiary/aromatic N) is 3. The number of carboxylic acid groups (broad SMARTS) is 1. The number of aliphatic hydroxyl groups is 1. The van der Waals surface area contributed by atoms with Crippen LogP contribution in [-0.2, 0) is 26.1 Å². The lowest BCUT2D eigenvalue weighted by atomic mass is 10.3. The summed E-state index contributed by atoms with van der Waals surface area (Å²) in [7, 11) is -3.75. The highest BCUT2D eigenvalue weighted by Crippen LogP contribution is 2.18. The maximum absolute atomic E-state index is 12.3. The molecule has 1 aliphatic heterocycles. The average Bonchev–Trinajstić information content (AvgIpc) is 2.87. The molecule has 0 aromatic carbocycles. The van der Waals surface area contributed by atoms with Crippen molar-refractivity contribution in [1.29, 1.82) is 0 Å². The van der Waals surface area contributed by atoms with Crippen molar-refractivity contribution in [3.05, 3.63) is 12.4 Å². The molecule has 1 unspecified atom stereocenters. The van der Waals surface area contributed by atoms with Crippen LogP contribution in [-0.4, -0.2) is 71.1 Å². The zero-order chi connectivity index (χ0) is 14.8. The van der Waals surface area contributed by atoms with Gasteiger partial charge in [0.2, 0.25) is 10.0 Å². The molecule has 20 heavy (non-hydrogen) atoms. The molecule has 0 radical (unpaired) electrons. The lowest BCUT2D eigenvalue weighted by Gasteiger charge is -2.30. The Hall–Kier alpha value is -1.49. The standard InChI is InChI=1S/C10H15N3O6S/c14-7-8-4-13(1-2-19-8)20(17,18)9-3-11-12(5-9)6-10(15)16/h3,5,8,14H,1-2,4,6-7H2,(H,15,16). The first kappa shape index (κ1) is 14.9. The fourth-order valence-electron chi connectivity index (χ4n) is 1.87. The summed E-state index contributed by atoms with van der Waals surface area (Å²) in [5.41, 5.74) is 0. The van der Waals surface area contributed by atoms with Gasteiger partial charge in [-0.2, -0.15) is 9.40 Å². The first-order valence-corrected chi connectivity index (χ1v) is 7.34. The molecule has 112 valence electrons. The van der Waals surface area contributed by atoms with Gasteiger partial charge in [0.25, 0.3) is 0 Å². The number of hydrogen-bond acceptors (Lipinski definition) is 6. The van der Waals surface area contributed by atoms with E-state index in [-0.39, 0.29) is 31.2 Å². The topological polar surface area (TPSA) is 122 Å². The summed E-state index contributed by atoms with van der Waals surface area (Å²) in [6.07, 6.45) is 1.74. The third-order valence-electron chi connectivity index (χ3n) is 2.85. The van der Waals surface area contributed by atoms with Gasteiger partial charge in [0.05, 0.1) is 25.5 Å². The number of hydrogen-bond donors (Lipinski definition) is 2. The van der Waals surface area contributed by atoms with Crippen molar-refractivity contribution in [2.75, 3.05) is 26.3 Å². The fraction of sp³-hybridized carbons (Fsp3) is 0.600. The molecular weight excluding hydrogens is 290 g/mol. The zero-order valence-corrected chi connectivity index (χ0v) is 11.4. The quantitative estimate of drug-likeness (QED) is 0.668. The highest BCUT2D eigenvalue weighted by atomic mass is 32.2. The summed E-state index contributed by atoms with van der Waals surface area (Å²) < 4.78 is 32.1. The first-order valence-electron chi connectivity index (χ1n) is 5.90. The van der Waals surface area contributed by atoms with E-state index in [2.05, 4.69) is 5.10 Å². The number of rotatable bonds is 5. The summed E-state index contributed by atoms with van der Waals surface area (Å²) in [6.45, 7) is -0.220. The second-order valence-corrected chi connectivity index (χ2v) is 6.24. The number of carbonyl (C=O) groups is 1. The minimum absolute atomic E-state index is 0.0585. The number of aromatic nitrogens is 2. The van der Waals surface area contributed by atoms with Crippen LogP contribution in [0.15, 0.2) is 17.3 Å². The molecule has 0 bridgehead atoms. The van der Waals surface area contributed by atoms with Crippen molar-refractivity contribution in [1.82, 2.24) is 14.1 Å². The Morgan fingerprint density at radius 1 is 1.55 bits per heavy atom. The van der Waals surface area contributed by atoms with Crippen LogP contribution >= 0.6 is 0 Å². The predicted octanol–water partition coefficient (Wildman–Crippen LogP) is -1.65. The van der Waals surface area contributed by atoms with E-state index >= 15 is 0 Å². The molecule has 0 saturated carbocycles. The Morgan fingerprint density at radius 2 is 2.30 bits per heavy atom. The Labute approximate surface area is 115 Å². The maximum Gasteiger partial charge on any atom is 0.325 e. The molecule has 1 atom stereocenters. The van der Waals surface area contributed by atoms with Gasteiger partial charge in [-0.25, -0.2) is 8.42 Å². The highest BCUT2D eigenvalue weighted by Gasteiger charge is 2.31. The van der Waals surface area contributed by atoms with Gasteiger partial charge in [0.15, 0.2) is 0 Å². The second kappa shape index (κ2) is 5.87. The molecule has 1 fully saturated rings. The number of ether oxygens (including phenoxy) is 1. The molecule has 1 aromatic heterocycles. The van der Waals surface area contributed by atoms with E-state index in [1.165, 1.54) is 10.5 Å². The fourth-order valence-corrected chi connectivity index (χ4v) is 3.28. The minimum atomic E-state index is -3.75. The van der Waals surface area contributed by atoms with Crippen molar-refractivity contribution in [2.45, 2.75) is 17.5 Å². The molecule has 2 rings (SSSR count). The summed E-state index contributed by atoms with van der Waals surface area (Å²) >= 11 is 0. The van der Waals surface area contributed by atoms with Gasteiger partial charge < -0.3 is 14.9 Å². The monoisotopic (exact) mass is 305 g/mol. The maximum atomic E-state index is 12.3. The van der Waals surface area contributed by atoms with Gasteiger partial charge in [0.1, 0.15) is 11.4 Å². The van der Waals surface area contributed by atoms with Crippen molar-refractivity contribution < 1.29 is 28.2 Å². The smallest absolute Gasteiger partial charge is 0.325 e. The molecule has 1 aliphatic rings. The van der Waals surface area contributed by atoms with Gasteiger partial charge in [-0.1, -0.05) is 0 Å². The molecule has 0 spiro atoms. The Balaban J connectivity index is 2.17.